The van der Waals surface area contributed by atoms with Crippen molar-refractivity contribution in [2.45, 2.75) is 12.3 Å². The molecule has 0 fully saturated rings. The maximum absolute atomic E-state index is 13.8. The van der Waals surface area contributed by atoms with E-state index < -0.39 is 21.9 Å². The Bertz CT molecular complexity index is 1450. The highest BCUT2D eigenvalue weighted by atomic mass is 35.5. The summed E-state index contributed by atoms with van der Waals surface area (Å²) in [6, 6.07) is 12.6. The lowest BCUT2D eigenvalue weighted by Crippen LogP contribution is -2.15. The van der Waals surface area contributed by atoms with Crippen LogP contribution in [0.5, 0.6) is 17.2 Å². The number of carbonyl (C=O) groups is 1. The van der Waals surface area contributed by atoms with Gasteiger partial charge in [0.25, 0.3) is 11.6 Å². The van der Waals surface area contributed by atoms with Crippen LogP contribution in [0, 0.1) is 17.0 Å². The molecule has 2 heterocycles. The highest BCUT2D eigenvalue weighted by Crippen LogP contribution is 2.35. The number of nitrogens with one attached hydrogen (secondary N) is 1. The number of carbonyl (C=O) groups excluding carboxylic acids is 1. The highest BCUT2D eigenvalue weighted by molar-refractivity contribution is 6.21. The topological polar surface area (TPSA) is 121 Å². The number of amides is 1. The second-order valence-electron chi connectivity index (χ2n) is 7.26. The van der Waals surface area contributed by atoms with E-state index in [1.54, 1.807) is 24.3 Å². The second kappa shape index (κ2) is 9.14. The number of halogens is 3. The molecule has 35 heavy (non-hydrogen) atoms. The Kier molecular flexibility index (Phi) is 6.22. The third-order valence-corrected chi connectivity index (χ3v) is 4.93. The minimum absolute atomic E-state index is 0.0122. The van der Waals surface area contributed by atoms with Gasteiger partial charge in [0.05, 0.1) is 23.8 Å². The van der Waals surface area contributed by atoms with Crippen LogP contribution in [0.4, 0.5) is 20.2 Å². The molecule has 0 radical (unpaired) electrons. The van der Waals surface area contributed by atoms with Gasteiger partial charge in [-0.1, -0.05) is 12.1 Å². The van der Waals surface area contributed by atoms with Crippen molar-refractivity contribution >= 4 is 34.5 Å². The first kappa shape index (κ1) is 23.8. The predicted molar refractivity (Wildman–Crippen MR) is 122 cm³/mol. The molecule has 10 nitrogen and oxygen atoms in total. The summed E-state index contributed by atoms with van der Waals surface area (Å²) in [5.41, 5.74) is -1.05. The molecule has 2 aromatic carbocycles. The first-order valence-electron chi connectivity index (χ1n) is 9.91. The van der Waals surface area contributed by atoms with E-state index in [1.165, 1.54) is 32.2 Å². The van der Waals surface area contributed by atoms with Crippen molar-refractivity contribution in [3.63, 3.8) is 0 Å². The Labute approximate surface area is 201 Å². The van der Waals surface area contributed by atoms with Crippen LogP contribution in [0.3, 0.4) is 0 Å². The van der Waals surface area contributed by atoms with Gasteiger partial charge in [0.2, 0.25) is 0 Å². The van der Waals surface area contributed by atoms with Crippen LogP contribution < -0.4 is 14.8 Å². The number of hydrogen-bond acceptors (Lipinski definition) is 7. The molecule has 0 spiro atoms. The van der Waals surface area contributed by atoms with Crippen LogP contribution >= 0.6 is 11.6 Å². The molecular formula is C22H16ClF2N5O5. The van der Waals surface area contributed by atoms with Crippen molar-refractivity contribution in [2.24, 2.45) is 0 Å². The molecule has 0 saturated carbocycles. The van der Waals surface area contributed by atoms with Gasteiger partial charge in [0, 0.05) is 23.9 Å². The normalized spacial score (nSPS) is 11.3. The number of nitro groups is 1. The number of methoxy groups -OCH3 is 1. The van der Waals surface area contributed by atoms with E-state index >= 15 is 0 Å². The molecule has 4 aromatic rings. The number of nitro benzene ring substituents is 1. The van der Waals surface area contributed by atoms with Gasteiger partial charge in [-0.25, -0.2) is 9.50 Å². The van der Waals surface area contributed by atoms with Crippen molar-refractivity contribution in [3.05, 3.63) is 81.8 Å². The Morgan fingerprint density at radius 3 is 2.54 bits per heavy atom. The number of ether oxygens (including phenoxy) is 2. The lowest BCUT2D eigenvalue weighted by atomic mass is 10.2. The van der Waals surface area contributed by atoms with E-state index in [0.29, 0.717) is 11.5 Å². The number of hydrogen-bond donors (Lipinski definition) is 1. The molecule has 0 bridgehead atoms. The number of fused-ring (bicyclic) bond motifs is 1. The third kappa shape index (κ3) is 5.11. The van der Waals surface area contributed by atoms with Gasteiger partial charge >= 0.3 is 5.38 Å². The minimum Gasteiger partial charge on any atom is -0.493 e. The van der Waals surface area contributed by atoms with Crippen LogP contribution in [-0.4, -0.2) is 32.5 Å². The first-order chi connectivity index (χ1) is 16.5. The smallest absolute Gasteiger partial charge is 0.364 e. The molecule has 0 aliphatic heterocycles. The largest absolute Gasteiger partial charge is 0.493 e. The van der Waals surface area contributed by atoms with E-state index in [2.05, 4.69) is 15.4 Å². The minimum atomic E-state index is -3.75. The van der Waals surface area contributed by atoms with Crippen molar-refractivity contribution in [1.29, 1.82) is 0 Å². The average molecular weight is 504 g/mol. The fraction of sp³-hybridized carbons (Fsp3) is 0.136. The summed E-state index contributed by atoms with van der Waals surface area (Å²) in [6.07, 6.45) is 0. The van der Waals surface area contributed by atoms with E-state index in [-0.39, 0.29) is 34.2 Å². The van der Waals surface area contributed by atoms with Crippen molar-refractivity contribution in [2.75, 3.05) is 12.4 Å². The molecule has 180 valence electrons. The molecule has 0 saturated heterocycles. The summed E-state index contributed by atoms with van der Waals surface area (Å²) >= 11 is 5.17. The Hall–Kier alpha value is -4.32. The monoisotopic (exact) mass is 503 g/mol. The molecule has 0 aliphatic carbocycles. The van der Waals surface area contributed by atoms with E-state index in [1.807, 2.05) is 0 Å². The van der Waals surface area contributed by atoms with Crippen molar-refractivity contribution in [1.82, 2.24) is 14.6 Å². The number of anilines is 1. The Balaban J connectivity index is 1.67. The van der Waals surface area contributed by atoms with Gasteiger partial charge in [-0.15, -0.1) is 0 Å². The van der Waals surface area contributed by atoms with Gasteiger partial charge < -0.3 is 14.8 Å². The number of aryl methyl sites for hydroxylation is 1. The molecule has 4 rings (SSSR count). The summed E-state index contributed by atoms with van der Waals surface area (Å²) in [4.78, 5) is 27.7. The zero-order valence-electron chi connectivity index (χ0n) is 18.2. The zero-order chi connectivity index (χ0) is 25.3. The number of benzene rings is 2. The summed E-state index contributed by atoms with van der Waals surface area (Å²) < 4.78 is 39.3. The predicted octanol–water partition coefficient (Wildman–Crippen LogP) is 5.29. The molecule has 0 atom stereocenters. The molecule has 13 heteroatoms. The lowest BCUT2D eigenvalue weighted by Gasteiger charge is -2.11. The quantitative estimate of drug-likeness (QED) is 0.207. The molecular weight excluding hydrogens is 488 g/mol. The van der Waals surface area contributed by atoms with Gasteiger partial charge in [0.1, 0.15) is 11.4 Å². The number of rotatable bonds is 7. The van der Waals surface area contributed by atoms with Crippen LogP contribution in [0.15, 0.2) is 54.6 Å². The summed E-state index contributed by atoms with van der Waals surface area (Å²) in [5.74, 6) is -0.0795. The van der Waals surface area contributed by atoms with Gasteiger partial charge in [-0.3, -0.25) is 14.9 Å². The molecule has 0 unspecified atom stereocenters. The van der Waals surface area contributed by atoms with Crippen LogP contribution in [0.25, 0.3) is 5.65 Å². The van der Waals surface area contributed by atoms with Crippen LogP contribution in [0.1, 0.15) is 21.9 Å². The van der Waals surface area contributed by atoms with E-state index in [0.717, 1.165) is 16.6 Å². The number of non-ortho nitro benzene ring substituents is 1. The molecule has 0 aliphatic rings. The summed E-state index contributed by atoms with van der Waals surface area (Å²) in [5, 5.41) is 14.0. The van der Waals surface area contributed by atoms with Gasteiger partial charge in [-0.2, -0.15) is 13.9 Å². The molecule has 1 N–H and O–H groups in total. The molecule has 2 aromatic heterocycles. The SMILES string of the molecule is COc1ccccc1Oc1cc(NC(=O)c2cc3nc(C)cc(C(F)(F)Cl)n3n2)cc([N+](=O)[O-])c1. The molecule has 1 amide bonds. The number of aromatic nitrogens is 3. The fourth-order valence-electron chi connectivity index (χ4n) is 3.26. The Morgan fingerprint density at radius 2 is 1.89 bits per heavy atom. The third-order valence-electron chi connectivity index (χ3n) is 4.74. The van der Waals surface area contributed by atoms with Crippen LogP contribution in [-0.2, 0) is 5.38 Å². The zero-order valence-corrected chi connectivity index (χ0v) is 18.9. The first-order valence-corrected chi connectivity index (χ1v) is 10.3. The summed E-state index contributed by atoms with van der Waals surface area (Å²) in [7, 11) is 1.44. The van der Waals surface area contributed by atoms with Gasteiger partial charge in [0.15, 0.2) is 22.8 Å². The average Bonchev–Trinajstić information content (AvgIpc) is 3.22. The Morgan fingerprint density at radius 1 is 1.17 bits per heavy atom. The standard InChI is InChI=1S/C22H16ClF2N5O5/c1-12-7-19(22(23,24)25)29-20(26-12)11-16(28-29)21(31)27-13-8-14(30(32)33)10-15(9-13)35-18-6-4-3-5-17(18)34-2/h3-11H,1-2H3,(H,27,31). The van der Waals surface area contributed by atoms with Crippen molar-refractivity contribution in [3.8, 4) is 17.2 Å². The lowest BCUT2D eigenvalue weighted by molar-refractivity contribution is -0.384. The number of alkyl halides is 3. The second-order valence-corrected chi connectivity index (χ2v) is 7.73. The van der Waals surface area contributed by atoms with E-state index in [9.17, 15) is 23.7 Å². The van der Waals surface area contributed by atoms with E-state index in [4.69, 9.17) is 21.1 Å². The van der Waals surface area contributed by atoms with Crippen LogP contribution in [0.2, 0.25) is 0 Å². The maximum Gasteiger partial charge on any atom is 0.364 e. The van der Waals surface area contributed by atoms with Crippen molar-refractivity contribution < 1.29 is 28.0 Å². The maximum atomic E-state index is 13.8. The van der Waals surface area contributed by atoms with Gasteiger partial charge in [-0.05, 0) is 36.7 Å². The number of para-hydroxylation sites is 2. The fourth-order valence-corrected chi connectivity index (χ4v) is 3.39. The number of nitrogens with zero attached hydrogens (tertiary/aromatic N) is 4. The highest BCUT2D eigenvalue weighted by Gasteiger charge is 2.32. The summed E-state index contributed by atoms with van der Waals surface area (Å²) in [6.45, 7) is 1.49.